The molecule has 18 heavy (non-hydrogen) atoms. The van der Waals surface area contributed by atoms with Gasteiger partial charge >= 0.3 is 0 Å². The van der Waals surface area contributed by atoms with Crippen molar-refractivity contribution >= 4 is 27.3 Å². The zero-order chi connectivity index (χ0) is 13.5. The first-order valence-corrected chi connectivity index (χ1v) is 6.75. The second-order valence-corrected chi connectivity index (χ2v) is 4.54. The van der Waals surface area contributed by atoms with Gasteiger partial charge in [0.05, 0.1) is 4.92 Å². The minimum atomic E-state index is -0.339. The van der Waals surface area contributed by atoms with Crippen LogP contribution in [0.25, 0.3) is 0 Å². The number of ether oxygens (including phenoxy) is 1. The summed E-state index contributed by atoms with van der Waals surface area (Å²) in [5.74, 6) is 0. The fourth-order valence-electron chi connectivity index (χ4n) is 1.69. The van der Waals surface area contributed by atoms with Gasteiger partial charge in [0, 0.05) is 38.7 Å². The highest BCUT2D eigenvalue weighted by Gasteiger charge is 2.17. The van der Waals surface area contributed by atoms with E-state index in [1.807, 2.05) is 18.0 Å². The van der Waals surface area contributed by atoms with Gasteiger partial charge in [0.2, 0.25) is 0 Å². The molecule has 0 amide bonds. The summed E-state index contributed by atoms with van der Waals surface area (Å²) in [6.07, 6.45) is 0.838. The molecule has 0 unspecified atom stereocenters. The van der Waals surface area contributed by atoms with Gasteiger partial charge in [0.25, 0.3) is 5.69 Å². The fourth-order valence-corrected chi connectivity index (χ4v) is 2.04. The summed E-state index contributed by atoms with van der Waals surface area (Å²) in [5.41, 5.74) is 1.68. The van der Waals surface area contributed by atoms with Crippen LogP contribution in [0, 0.1) is 10.1 Å². The average molecular weight is 317 g/mol. The lowest BCUT2D eigenvalue weighted by Crippen LogP contribution is -2.20. The van der Waals surface area contributed by atoms with Crippen LogP contribution in [0.4, 0.5) is 11.4 Å². The Morgan fingerprint density at radius 3 is 2.78 bits per heavy atom. The van der Waals surface area contributed by atoms with Crippen LogP contribution in [0.3, 0.4) is 0 Å². The SMILES string of the molecule is COCCCN(C)c1ccc(CBr)cc1[N+](=O)[O-]. The lowest BCUT2D eigenvalue weighted by atomic mass is 10.2. The van der Waals surface area contributed by atoms with Gasteiger partial charge < -0.3 is 9.64 Å². The molecule has 0 aromatic heterocycles. The molecule has 0 aliphatic rings. The summed E-state index contributed by atoms with van der Waals surface area (Å²) >= 11 is 3.30. The number of halogens is 1. The number of rotatable bonds is 7. The van der Waals surface area contributed by atoms with Crippen LogP contribution in [0.1, 0.15) is 12.0 Å². The first kappa shape index (κ1) is 14.9. The van der Waals surface area contributed by atoms with E-state index in [1.54, 1.807) is 19.2 Å². The fraction of sp³-hybridized carbons (Fsp3) is 0.500. The Hall–Kier alpha value is -1.14. The molecule has 0 N–H and O–H groups in total. The van der Waals surface area contributed by atoms with Gasteiger partial charge in [-0.1, -0.05) is 22.0 Å². The van der Waals surface area contributed by atoms with E-state index in [-0.39, 0.29) is 10.6 Å². The van der Waals surface area contributed by atoms with Crippen molar-refractivity contribution in [3.05, 3.63) is 33.9 Å². The van der Waals surface area contributed by atoms with Crippen LogP contribution in [-0.2, 0) is 10.1 Å². The summed E-state index contributed by atoms with van der Waals surface area (Å²) in [6, 6.07) is 5.29. The number of hydrogen-bond donors (Lipinski definition) is 0. The number of nitro groups is 1. The van der Waals surface area contributed by atoms with Crippen LogP contribution >= 0.6 is 15.9 Å². The van der Waals surface area contributed by atoms with Gasteiger partial charge in [-0.25, -0.2) is 0 Å². The third kappa shape index (κ3) is 3.96. The molecule has 1 aromatic carbocycles. The summed E-state index contributed by atoms with van der Waals surface area (Å²) in [4.78, 5) is 12.6. The number of methoxy groups -OCH3 is 1. The molecule has 100 valence electrons. The monoisotopic (exact) mass is 316 g/mol. The average Bonchev–Trinajstić information content (AvgIpc) is 2.38. The Kier molecular flexibility index (Phi) is 6.07. The molecule has 0 atom stereocenters. The smallest absolute Gasteiger partial charge is 0.292 e. The molecule has 0 fully saturated rings. The third-order valence-electron chi connectivity index (χ3n) is 2.64. The summed E-state index contributed by atoms with van der Waals surface area (Å²) in [7, 11) is 3.50. The number of anilines is 1. The molecule has 1 rings (SSSR count). The van der Waals surface area contributed by atoms with Crippen LogP contribution in [0.15, 0.2) is 18.2 Å². The molecular formula is C12H17BrN2O3. The largest absolute Gasteiger partial charge is 0.385 e. The molecular weight excluding hydrogens is 300 g/mol. The maximum Gasteiger partial charge on any atom is 0.292 e. The van der Waals surface area contributed by atoms with Crippen molar-refractivity contribution in [2.45, 2.75) is 11.8 Å². The molecule has 0 radical (unpaired) electrons. The van der Waals surface area contributed by atoms with E-state index in [2.05, 4.69) is 15.9 Å². The summed E-state index contributed by atoms with van der Waals surface area (Å²) in [6.45, 7) is 1.37. The second-order valence-electron chi connectivity index (χ2n) is 3.98. The van der Waals surface area contributed by atoms with Crippen molar-refractivity contribution in [2.24, 2.45) is 0 Å². The van der Waals surface area contributed by atoms with Gasteiger partial charge in [-0.2, -0.15) is 0 Å². The van der Waals surface area contributed by atoms with Crippen LogP contribution in [0.2, 0.25) is 0 Å². The topological polar surface area (TPSA) is 55.6 Å². The second kappa shape index (κ2) is 7.33. The van der Waals surface area contributed by atoms with E-state index in [1.165, 1.54) is 0 Å². The molecule has 0 bridgehead atoms. The highest BCUT2D eigenvalue weighted by atomic mass is 79.9. The van der Waals surface area contributed by atoms with Gasteiger partial charge in [-0.05, 0) is 18.1 Å². The predicted molar refractivity (Wildman–Crippen MR) is 75.5 cm³/mol. The lowest BCUT2D eigenvalue weighted by molar-refractivity contribution is -0.384. The molecule has 0 heterocycles. The number of benzene rings is 1. The van der Waals surface area contributed by atoms with Crippen molar-refractivity contribution in [1.82, 2.24) is 0 Å². The van der Waals surface area contributed by atoms with Gasteiger partial charge in [0.1, 0.15) is 5.69 Å². The van der Waals surface area contributed by atoms with Crippen molar-refractivity contribution in [3.63, 3.8) is 0 Å². The van der Waals surface area contributed by atoms with E-state index in [0.717, 1.165) is 18.5 Å². The van der Waals surface area contributed by atoms with E-state index in [0.29, 0.717) is 17.6 Å². The van der Waals surface area contributed by atoms with E-state index >= 15 is 0 Å². The van der Waals surface area contributed by atoms with Crippen LogP contribution in [-0.4, -0.2) is 32.2 Å². The van der Waals surface area contributed by atoms with Crippen molar-refractivity contribution < 1.29 is 9.66 Å². The highest BCUT2D eigenvalue weighted by Crippen LogP contribution is 2.29. The normalized spacial score (nSPS) is 10.4. The first-order valence-electron chi connectivity index (χ1n) is 5.63. The van der Waals surface area contributed by atoms with Crippen LogP contribution in [0.5, 0.6) is 0 Å². The number of nitrogens with zero attached hydrogens (tertiary/aromatic N) is 2. The summed E-state index contributed by atoms with van der Waals surface area (Å²) < 4.78 is 4.98. The van der Waals surface area contributed by atoms with Crippen molar-refractivity contribution in [3.8, 4) is 0 Å². The molecule has 1 aromatic rings. The molecule has 0 spiro atoms. The Morgan fingerprint density at radius 1 is 1.50 bits per heavy atom. The number of hydrogen-bond acceptors (Lipinski definition) is 4. The molecule has 6 heteroatoms. The zero-order valence-corrected chi connectivity index (χ0v) is 12.1. The molecule has 0 aliphatic carbocycles. The Morgan fingerprint density at radius 2 is 2.22 bits per heavy atom. The molecule has 0 saturated carbocycles. The van der Waals surface area contributed by atoms with Gasteiger partial charge in [-0.3, -0.25) is 10.1 Å². The van der Waals surface area contributed by atoms with E-state index < -0.39 is 0 Å². The van der Waals surface area contributed by atoms with Crippen LogP contribution < -0.4 is 4.90 Å². The maximum absolute atomic E-state index is 11.1. The lowest BCUT2D eigenvalue weighted by Gasteiger charge is -2.19. The minimum Gasteiger partial charge on any atom is -0.385 e. The predicted octanol–water partition coefficient (Wildman–Crippen LogP) is 2.96. The quantitative estimate of drug-likeness (QED) is 0.336. The molecule has 0 saturated heterocycles. The zero-order valence-electron chi connectivity index (χ0n) is 10.6. The standard InChI is InChI=1S/C12H17BrN2O3/c1-14(6-3-7-18-2)11-5-4-10(9-13)8-12(11)15(16)17/h4-5,8H,3,6-7,9H2,1-2H3. The Labute approximate surface area is 115 Å². The molecule has 0 aliphatic heterocycles. The van der Waals surface area contributed by atoms with E-state index in [4.69, 9.17) is 4.74 Å². The Balaban J connectivity index is 2.89. The first-order chi connectivity index (χ1) is 8.60. The molecule has 5 nitrogen and oxygen atoms in total. The number of alkyl halides is 1. The summed E-state index contributed by atoms with van der Waals surface area (Å²) in [5, 5.41) is 11.7. The highest BCUT2D eigenvalue weighted by molar-refractivity contribution is 9.08. The van der Waals surface area contributed by atoms with E-state index in [9.17, 15) is 10.1 Å². The van der Waals surface area contributed by atoms with Gasteiger partial charge in [-0.15, -0.1) is 0 Å². The van der Waals surface area contributed by atoms with Gasteiger partial charge in [0.15, 0.2) is 0 Å². The van der Waals surface area contributed by atoms with Crippen molar-refractivity contribution in [2.75, 3.05) is 32.2 Å². The Bertz CT molecular complexity index is 412. The van der Waals surface area contributed by atoms with Crippen molar-refractivity contribution in [1.29, 1.82) is 0 Å². The minimum absolute atomic E-state index is 0.145. The maximum atomic E-state index is 11.1. The third-order valence-corrected chi connectivity index (χ3v) is 3.29. The number of nitro benzene ring substituents is 1.